The first-order valence-electron chi connectivity index (χ1n) is 6.93. The highest BCUT2D eigenvalue weighted by Gasteiger charge is 2.45. The van der Waals surface area contributed by atoms with E-state index in [4.69, 9.17) is 9.47 Å². The molecule has 2 rings (SSSR count). The molecule has 1 saturated carbocycles. The van der Waals surface area contributed by atoms with Crippen molar-refractivity contribution >= 4 is 0 Å². The molecule has 106 valence electrons. The molecule has 0 radical (unpaired) electrons. The highest BCUT2D eigenvalue weighted by Crippen LogP contribution is 2.44. The van der Waals surface area contributed by atoms with Crippen LogP contribution in [0.4, 0.5) is 0 Å². The van der Waals surface area contributed by atoms with Gasteiger partial charge in [0.15, 0.2) is 11.5 Å². The van der Waals surface area contributed by atoms with E-state index in [0.717, 1.165) is 17.9 Å². The van der Waals surface area contributed by atoms with Crippen LogP contribution >= 0.6 is 0 Å². The Bertz CT molecular complexity index is 442. The summed E-state index contributed by atoms with van der Waals surface area (Å²) in [6.45, 7) is 6.87. The van der Waals surface area contributed by atoms with Crippen LogP contribution in [0.15, 0.2) is 18.2 Å². The first-order chi connectivity index (χ1) is 8.96. The number of hydrogen-bond donors (Lipinski definition) is 1. The maximum absolute atomic E-state index is 5.34. The van der Waals surface area contributed by atoms with Crippen molar-refractivity contribution in [2.24, 2.45) is 5.41 Å². The van der Waals surface area contributed by atoms with Crippen LogP contribution in [0.25, 0.3) is 0 Å². The molecule has 2 unspecified atom stereocenters. The van der Waals surface area contributed by atoms with Gasteiger partial charge < -0.3 is 14.8 Å². The Labute approximate surface area is 116 Å². The van der Waals surface area contributed by atoms with Crippen molar-refractivity contribution in [3.63, 3.8) is 0 Å². The summed E-state index contributed by atoms with van der Waals surface area (Å²) < 4.78 is 10.6. The second-order valence-corrected chi connectivity index (χ2v) is 6.21. The van der Waals surface area contributed by atoms with Gasteiger partial charge in [0.05, 0.1) is 14.2 Å². The summed E-state index contributed by atoms with van der Waals surface area (Å²) >= 11 is 0. The molecule has 1 fully saturated rings. The number of hydrogen-bond acceptors (Lipinski definition) is 3. The molecule has 0 aliphatic heterocycles. The van der Waals surface area contributed by atoms with Crippen LogP contribution in [0, 0.1) is 5.41 Å². The van der Waals surface area contributed by atoms with Crippen molar-refractivity contribution in [3.05, 3.63) is 23.8 Å². The average Bonchev–Trinajstić information content (AvgIpc) is 2.95. The molecule has 1 aliphatic carbocycles. The van der Waals surface area contributed by atoms with Gasteiger partial charge in [-0.15, -0.1) is 0 Å². The fourth-order valence-electron chi connectivity index (χ4n) is 2.52. The monoisotopic (exact) mass is 263 g/mol. The largest absolute Gasteiger partial charge is 0.493 e. The average molecular weight is 263 g/mol. The van der Waals surface area contributed by atoms with E-state index in [-0.39, 0.29) is 0 Å². The third-order valence-corrected chi connectivity index (χ3v) is 3.99. The highest BCUT2D eigenvalue weighted by atomic mass is 16.5. The quantitative estimate of drug-likeness (QED) is 0.856. The van der Waals surface area contributed by atoms with Crippen LogP contribution in [0.2, 0.25) is 0 Å². The van der Waals surface area contributed by atoms with E-state index < -0.39 is 0 Å². The minimum absolute atomic E-state index is 0.477. The second kappa shape index (κ2) is 5.41. The summed E-state index contributed by atoms with van der Waals surface area (Å²) in [5, 5.41) is 3.69. The van der Waals surface area contributed by atoms with Gasteiger partial charge in [0.1, 0.15) is 0 Å². The van der Waals surface area contributed by atoms with Gasteiger partial charge in [-0.05, 0) is 42.9 Å². The van der Waals surface area contributed by atoms with Crippen molar-refractivity contribution in [1.82, 2.24) is 5.32 Å². The van der Waals surface area contributed by atoms with Gasteiger partial charge in [-0.1, -0.05) is 19.9 Å². The lowest BCUT2D eigenvalue weighted by Crippen LogP contribution is -2.32. The maximum atomic E-state index is 5.34. The van der Waals surface area contributed by atoms with E-state index in [1.54, 1.807) is 14.2 Å². The Balaban J connectivity index is 1.95. The van der Waals surface area contributed by atoms with E-state index in [1.807, 2.05) is 6.07 Å². The summed E-state index contributed by atoms with van der Waals surface area (Å²) in [5.74, 6) is 1.59. The van der Waals surface area contributed by atoms with Crippen molar-refractivity contribution < 1.29 is 9.47 Å². The van der Waals surface area contributed by atoms with Crippen LogP contribution in [0.5, 0.6) is 11.5 Å². The fourth-order valence-corrected chi connectivity index (χ4v) is 2.52. The lowest BCUT2D eigenvalue weighted by Gasteiger charge is -2.16. The summed E-state index contributed by atoms with van der Waals surface area (Å²) in [6, 6.07) is 7.29. The van der Waals surface area contributed by atoms with Crippen LogP contribution < -0.4 is 14.8 Å². The molecule has 19 heavy (non-hydrogen) atoms. The Morgan fingerprint density at radius 3 is 2.42 bits per heavy atom. The van der Waals surface area contributed by atoms with Crippen LogP contribution in [0.1, 0.15) is 32.8 Å². The number of benzene rings is 1. The predicted molar refractivity (Wildman–Crippen MR) is 78.0 cm³/mol. The van der Waals surface area contributed by atoms with Crippen molar-refractivity contribution in [2.75, 3.05) is 14.2 Å². The number of rotatable bonds is 6. The van der Waals surface area contributed by atoms with Crippen molar-refractivity contribution in [2.45, 2.75) is 45.7 Å². The second-order valence-electron chi connectivity index (χ2n) is 6.21. The van der Waals surface area contributed by atoms with Crippen molar-refractivity contribution in [3.8, 4) is 11.5 Å². The molecule has 1 aliphatic rings. The molecule has 0 aromatic heterocycles. The van der Waals surface area contributed by atoms with Gasteiger partial charge in [0.2, 0.25) is 0 Å². The molecule has 1 N–H and O–H groups in total. The molecule has 0 amide bonds. The molecule has 3 heteroatoms. The maximum Gasteiger partial charge on any atom is 0.160 e. The summed E-state index contributed by atoms with van der Waals surface area (Å²) in [4.78, 5) is 0. The molecule has 0 saturated heterocycles. The van der Waals surface area contributed by atoms with Crippen LogP contribution in [-0.4, -0.2) is 26.3 Å². The Kier molecular flexibility index (Phi) is 4.04. The Morgan fingerprint density at radius 2 is 1.89 bits per heavy atom. The van der Waals surface area contributed by atoms with Crippen LogP contribution in [-0.2, 0) is 6.42 Å². The fraction of sp³-hybridized carbons (Fsp3) is 0.625. The number of nitrogens with one attached hydrogen (secondary N) is 1. The van der Waals surface area contributed by atoms with E-state index in [1.165, 1.54) is 12.0 Å². The molecule has 0 heterocycles. The molecule has 3 nitrogen and oxygen atoms in total. The lowest BCUT2D eigenvalue weighted by atomic mass is 10.1. The highest BCUT2D eigenvalue weighted by molar-refractivity contribution is 5.43. The molecule has 0 bridgehead atoms. The summed E-state index contributed by atoms with van der Waals surface area (Å²) in [5.41, 5.74) is 1.75. The zero-order valence-electron chi connectivity index (χ0n) is 12.6. The van der Waals surface area contributed by atoms with Gasteiger partial charge in [-0.25, -0.2) is 0 Å². The van der Waals surface area contributed by atoms with Gasteiger partial charge in [0.25, 0.3) is 0 Å². The molecule has 2 atom stereocenters. The minimum Gasteiger partial charge on any atom is -0.493 e. The van der Waals surface area contributed by atoms with Crippen molar-refractivity contribution in [1.29, 1.82) is 0 Å². The third kappa shape index (κ3) is 3.41. The normalized spacial score (nSPS) is 21.8. The zero-order valence-corrected chi connectivity index (χ0v) is 12.6. The smallest absolute Gasteiger partial charge is 0.160 e. The van der Waals surface area contributed by atoms with Gasteiger partial charge >= 0.3 is 0 Å². The number of methoxy groups -OCH3 is 2. The van der Waals surface area contributed by atoms with Gasteiger partial charge in [0, 0.05) is 12.1 Å². The molecule has 1 aromatic rings. The zero-order chi connectivity index (χ0) is 14.0. The lowest BCUT2D eigenvalue weighted by molar-refractivity contribution is 0.354. The molecular formula is C16H25NO2. The van der Waals surface area contributed by atoms with Crippen LogP contribution in [0.3, 0.4) is 0 Å². The first kappa shape index (κ1) is 14.2. The van der Waals surface area contributed by atoms with Gasteiger partial charge in [-0.3, -0.25) is 0 Å². The summed E-state index contributed by atoms with van der Waals surface area (Å²) in [6.07, 6.45) is 2.29. The summed E-state index contributed by atoms with van der Waals surface area (Å²) in [7, 11) is 3.34. The van der Waals surface area contributed by atoms with E-state index in [0.29, 0.717) is 17.5 Å². The van der Waals surface area contributed by atoms with E-state index in [2.05, 4.69) is 38.2 Å². The predicted octanol–water partition coefficient (Wildman–Crippen LogP) is 3.02. The standard InChI is InChI=1S/C16H25NO2/c1-11(17-15-10-16(15,2)3)8-12-6-7-13(18-4)14(9-12)19-5/h6-7,9,11,15,17H,8,10H2,1-5H3. The van der Waals surface area contributed by atoms with E-state index in [9.17, 15) is 0 Å². The first-order valence-corrected chi connectivity index (χ1v) is 6.93. The third-order valence-electron chi connectivity index (χ3n) is 3.99. The Morgan fingerprint density at radius 1 is 1.26 bits per heavy atom. The van der Waals surface area contributed by atoms with E-state index >= 15 is 0 Å². The molecule has 1 aromatic carbocycles. The number of ether oxygens (including phenoxy) is 2. The topological polar surface area (TPSA) is 30.5 Å². The van der Waals surface area contributed by atoms with Gasteiger partial charge in [-0.2, -0.15) is 0 Å². The minimum atomic E-state index is 0.477. The Hall–Kier alpha value is -1.22. The molecule has 0 spiro atoms. The SMILES string of the molecule is COc1ccc(CC(C)NC2CC2(C)C)cc1OC. The molecular weight excluding hydrogens is 238 g/mol.